The molecule has 0 aliphatic rings. The predicted molar refractivity (Wildman–Crippen MR) is 46.9 cm³/mol. The Bertz CT molecular complexity index is 239. The monoisotopic (exact) mass is 239 g/mol. The first-order chi connectivity index (χ1) is 4.75. The Morgan fingerprint density at radius 2 is 2.10 bits per heavy atom. The van der Waals surface area contributed by atoms with Crippen LogP contribution in [0.4, 0.5) is 0 Å². The zero-order valence-electron chi connectivity index (χ0n) is 4.94. The average Bonchev–Trinajstić information content (AvgIpc) is 1.95. The summed E-state index contributed by atoms with van der Waals surface area (Å²) in [5, 5.41) is 1.76. The second-order valence-corrected chi connectivity index (χ2v) is 3.07. The Hall–Kier alpha value is 0.210. The highest BCUT2D eigenvalue weighted by Crippen LogP contribution is 2.25. The van der Waals surface area contributed by atoms with Crippen molar-refractivity contribution < 1.29 is 0 Å². The fourth-order valence-corrected chi connectivity index (χ4v) is 1.48. The van der Waals surface area contributed by atoms with Crippen LogP contribution in [-0.2, 0) is 5.33 Å². The van der Waals surface area contributed by atoms with Crippen molar-refractivity contribution in [3.8, 4) is 0 Å². The van der Waals surface area contributed by atoms with E-state index >= 15 is 0 Å². The maximum atomic E-state index is 5.79. The summed E-state index contributed by atoms with van der Waals surface area (Å²) in [6, 6.07) is 0. The van der Waals surface area contributed by atoms with Gasteiger partial charge in [0.2, 0.25) is 0 Å². The van der Waals surface area contributed by atoms with Crippen LogP contribution in [0, 0.1) is 0 Å². The van der Waals surface area contributed by atoms with Crippen molar-refractivity contribution in [2.24, 2.45) is 0 Å². The number of hydrogen-bond donors (Lipinski definition) is 0. The van der Waals surface area contributed by atoms with Gasteiger partial charge in [0.05, 0.1) is 10.0 Å². The number of halogens is 3. The van der Waals surface area contributed by atoms with Gasteiger partial charge in [-0.25, -0.2) is 0 Å². The number of hydrogen-bond acceptors (Lipinski definition) is 1. The molecule has 1 aromatic heterocycles. The van der Waals surface area contributed by atoms with Crippen LogP contribution in [0.15, 0.2) is 12.4 Å². The van der Waals surface area contributed by atoms with E-state index in [2.05, 4.69) is 20.9 Å². The minimum Gasteiger partial charge on any atom is -0.263 e. The van der Waals surface area contributed by atoms with E-state index in [0.29, 0.717) is 15.4 Å². The van der Waals surface area contributed by atoms with Gasteiger partial charge in [-0.3, -0.25) is 4.98 Å². The predicted octanol–water partition coefficient (Wildman–Crippen LogP) is 3.28. The van der Waals surface area contributed by atoms with Gasteiger partial charge in [0.25, 0.3) is 0 Å². The van der Waals surface area contributed by atoms with Crippen molar-refractivity contribution in [2.75, 3.05) is 0 Å². The van der Waals surface area contributed by atoms with E-state index in [9.17, 15) is 0 Å². The molecule has 0 aliphatic heterocycles. The molecule has 0 aliphatic carbocycles. The van der Waals surface area contributed by atoms with Crippen LogP contribution in [0.5, 0.6) is 0 Å². The molecule has 0 aromatic carbocycles. The highest BCUT2D eigenvalue weighted by Gasteiger charge is 2.01. The summed E-state index contributed by atoms with van der Waals surface area (Å²) in [6.07, 6.45) is 3.21. The van der Waals surface area contributed by atoms with Gasteiger partial charge in [-0.15, -0.1) is 0 Å². The second-order valence-electron chi connectivity index (χ2n) is 1.73. The standard InChI is InChI=1S/C6H4BrCl2N/c7-1-4-2-10-3-5(8)6(4)9/h2-3H,1H2. The molecule has 1 aromatic rings. The van der Waals surface area contributed by atoms with Gasteiger partial charge in [-0.1, -0.05) is 39.1 Å². The zero-order valence-corrected chi connectivity index (χ0v) is 8.04. The fourth-order valence-electron chi connectivity index (χ4n) is 0.553. The topological polar surface area (TPSA) is 12.9 Å². The van der Waals surface area contributed by atoms with E-state index in [-0.39, 0.29) is 0 Å². The summed E-state index contributed by atoms with van der Waals surface area (Å²) in [5.74, 6) is 0. The summed E-state index contributed by atoms with van der Waals surface area (Å²) >= 11 is 14.7. The molecule has 4 heteroatoms. The van der Waals surface area contributed by atoms with Crippen LogP contribution in [0.2, 0.25) is 10.0 Å². The lowest BCUT2D eigenvalue weighted by molar-refractivity contribution is 1.26. The molecule has 0 saturated carbocycles. The first kappa shape index (κ1) is 8.31. The lowest BCUT2D eigenvalue weighted by Crippen LogP contribution is -1.82. The molecule has 0 N–H and O–H groups in total. The van der Waals surface area contributed by atoms with Gasteiger partial charge in [-0.2, -0.15) is 0 Å². The Labute approximate surface area is 77.5 Å². The van der Waals surface area contributed by atoms with E-state index in [0.717, 1.165) is 5.56 Å². The maximum absolute atomic E-state index is 5.79. The maximum Gasteiger partial charge on any atom is 0.0778 e. The van der Waals surface area contributed by atoms with Crippen molar-refractivity contribution >= 4 is 39.1 Å². The second kappa shape index (κ2) is 3.56. The molecule has 10 heavy (non-hydrogen) atoms. The van der Waals surface area contributed by atoms with Crippen LogP contribution in [-0.4, -0.2) is 4.98 Å². The van der Waals surface area contributed by atoms with E-state index in [1.165, 1.54) is 6.20 Å². The summed E-state index contributed by atoms with van der Waals surface area (Å²) in [7, 11) is 0. The van der Waals surface area contributed by atoms with E-state index in [1.807, 2.05) is 0 Å². The third-order valence-electron chi connectivity index (χ3n) is 1.05. The van der Waals surface area contributed by atoms with Gasteiger partial charge in [0, 0.05) is 23.3 Å². The fraction of sp³-hybridized carbons (Fsp3) is 0.167. The zero-order chi connectivity index (χ0) is 7.56. The first-order valence-corrected chi connectivity index (χ1v) is 4.47. The van der Waals surface area contributed by atoms with Gasteiger partial charge in [0.1, 0.15) is 0 Å². The molecule has 54 valence electrons. The van der Waals surface area contributed by atoms with Crippen LogP contribution in [0.25, 0.3) is 0 Å². The Balaban J connectivity index is 3.14. The van der Waals surface area contributed by atoms with Gasteiger partial charge >= 0.3 is 0 Å². The first-order valence-electron chi connectivity index (χ1n) is 2.59. The van der Waals surface area contributed by atoms with Gasteiger partial charge in [-0.05, 0) is 0 Å². The van der Waals surface area contributed by atoms with Crippen LogP contribution in [0.3, 0.4) is 0 Å². The van der Waals surface area contributed by atoms with Gasteiger partial charge < -0.3 is 0 Å². The molecule has 0 saturated heterocycles. The largest absolute Gasteiger partial charge is 0.263 e. The van der Waals surface area contributed by atoms with E-state index < -0.39 is 0 Å². The molecule has 1 rings (SSSR count). The number of aromatic nitrogens is 1. The Morgan fingerprint density at radius 1 is 1.40 bits per heavy atom. The minimum atomic E-state index is 0.499. The average molecular weight is 241 g/mol. The number of rotatable bonds is 1. The summed E-state index contributed by atoms with van der Waals surface area (Å²) in [5.41, 5.74) is 0.911. The lowest BCUT2D eigenvalue weighted by atomic mass is 10.3. The molecule has 0 spiro atoms. The van der Waals surface area contributed by atoms with Gasteiger partial charge in [0.15, 0.2) is 0 Å². The molecular formula is C6H4BrCl2N. The number of pyridine rings is 1. The molecule has 0 bridgehead atoms. The van der Waals surface area contributed by atoms with Crippen LogP contribution >= 0.6 is 39.1 Å². The molecule has 0 unspecified atom stereocenters. The highest BCUT2D eigenvalue weighted by molar-refractivity contribution is 9.08. The minimum absolute atomic E-state index is 0.499. The summed E-state index contributed by atoms with van der Waals surface area (Å²) < 4.78 is 0. The highest BCUT2D eigenvalue weighted by atomic mass is 79.9. The lowest BCUT2D eigenvalue weighted by Gasteiger charge is -1.98. The van der Waals surface area contributed by atoms with E-state index in [4.69, 9.17) is 23.2 Å². The molecule has 0 amide bonds. The Kier molecular flexibility index (Phi) is 2.96. The van der Waals surface area contributed by atoms with Crippen molar-refractivity contribution in [3.05, 3.63) is 28.0 Å². The number of alkyl halides is 1. The smallest absolute Gasteiger partial charge is 0.0778 e. The normalized spacial score (nSPS) is 9.90. The SMILES string of the molecule is Clc1cncc(CBr)c1Cl. The van der Waals surface area contributed by atoms with Crippen molar-refractivity contribution in [2.45, 2.75) is 5.33 Å². The van der Waals surface area contributed by atoms with Crippen LogP contribution < -0.4 is 0 Å². The summed E-state index contributed by atoms with van der Waals surface area (Å²) in [6.45, 7) is 0. The molecule has 1 nitrogen and oxygen atoms in total. The van der Waals surface area contributed by atoms with E-state index in [1.54, 1.807) is 6.20 Å². The number of nitrogens with zero attached hydrogens (tertiary/aromatic N) is 1. The quantitative estimate of drug-likeness (QED) is 0.687. The Morgan fingerprint density at radius 3 is 2.60 bits per heavy atom. The molecular weight excluding hydrogens is 237 g/mol. The van der Waals surface area contributed by atoms with Crippen molar-refractivity contribution in [1.82, 2.24) is 4.98 Å². The third kappa shape index (κ3) is 1.62. The molecule has 0 atom stereocenters. The van der Waals surface area contributed by atoms with Crippen molar-refractivity contribution in [3.63, 3.8) is 0 Å². The third-order valence-corrected chi connectivity index (χ3v) is 2.49. The van der Waals surface area contributed by atoms with Crippen molar-refractivity contribution in [1.29, 1.82) is 0 Å². The van der Waals surface area contributed by atoms with Crippen LogP contribution in [0.1, 0.15) is 5.56 Å². The summed E-state index contributed by atoms with van der Waals surface area (Å²) in [4.78, 5) is 3.87. The molecule has 0 fully saturated rings. The molecule has 1 heterocycles. The molecule has 0 radical (unpaired) electrons.